The summed E-state index contributed by atoms with van der Waals surface area (Å²) in [4.78, 5) is 7.47. The van der Waals surface area contributed by atoms with Crippen molar-refractivity contribution < 1.29 is 8.42 Å². The molecule has 0 bridgehead atoms. The molecule has 0 unspecified atom stereocenters. The Morgan fingerprint density at radius 1 is 1.31 bits per heavy atom. The average molecular weight is 259 g/mol. The smallest absolute Gasteiger partial charge is 0.232 e. The molecule has 1 aromatic carbocycles. The number of rotatable bonds is 4. The first-order chi connectivity index (χ1) is 7.54. The highest BCUT2D eigenvalue weighted by Gasteiger charge is 2.06. The Hall–Kier alpha value is -1.07. The third kappa shape index (κ3) is 2.96. The SMILES string of the molecule is O=S(=O)(Cl)CCCc1nc2ccccc2[nH]1. The first kappa shape index (κ1) is 11.4. The fourth-order valence-electron chi connectivity index (χ4n) is 1.54. The van der Waals surface area contributed by atoms with Crippen LogP contribution >= 0.6 is 10.7 Å². The topological polar surface area (TPSA) is 62.8 Å². The normalized spacial score (nSPS) is 12.1. The van der Waals surface area contributed by atoms with Crippen molar-refractivity contribution in [2.24, 2.45) is 0 Å². The summed E-state index contributed by atoms with van der Waals surface area (Å²) in [5.74, 6) is 0.771. The molecule has 1 aromatic heterocycles. The summed E-state index contributed by atoms with van der Waals surface area (Å²) in [5, 5.41) is 0. The minimum atomic E-state index is -3.39. The number of nitrogens with zero attached hydrogens (tertiary/aromatic N) is 1. The van der Waals surface area contributed by atoms with E-state index in [4.69, 9.17) is 10.7 Å². The van der Waals surface area contributed by atoms with E-state index in [1.54, 1.807) is 0 Å². The zero-order valence-electron chi connectivity index (χ0n) is 8.48. The molecular formula is C10H11ClN2O2S. The highest BCUT2D eigenvalue weighted by atomic mass is 35.7. The minimum absolute atomic E-state index is 0.0222. The van der Waals surface area contributed by atoms with Crippen LogP contribution in [0.5, 0.6) is 0 Å². The summed E-state index contributed by atoms with van der Waals surface area (Å²) in [7, 11) is 1.73. The molecule has 0 saturated carbocycles. The van der Waals surface area contributed by atoms with Gasteiger partial charge in [0.1, 0.15) is 5.82 Å². The van der Waals surface area contributed by atoms with Gasteiger partial charge in [0.2, 0.25) is 9.05 Å². The third-order valence-corrected chi connectivity index (χ3v) is 3.48. The van der Waals surface area contributed by atoms with E-state index < -0.39 is 9.05 Å². The molecular weight excluding hydrogens is 248 g/mol. The molecule has 1 N–H and O–H groups in total. The van der Waals surface area contributed by atoms with Crippen LogP contribution < -0.4 is 0 Å². The number of aromatic nitrogens is 2. The van der Waals surface area contributed by atoms with Crippen LogP contribution in [-0.4, -0.2) is 24.1 Å². The van der Waals surface area contributed by atoms with Gasteiger partial charge in [-0.2, -0.15) is 0 Å². The summed E-state index contributed by atoms with van der Waals surface area (Å²) in [6, 6.07) is 7.68. The van der Waals surface area contributed by atoms with E-state index in [1.165, 1.54) is 0 Å². The number of aryl methyl sites for hydroxylation is 1. The second kappa shape index (κ2) is 4.43. The maximum absolute atomic E-state index is 10.7. The number of halogens is 1. The molecule has 0 aliphatic rings. The zero-order chi connectivity index (χ0) is 11.6. The molecule has 6 heteroatoms. The fourth-order valence-corrected chi connectivity index (χ4v) is 2.35. The van der Waals surface area contributed by atoms with Crippen molar-refractivity contribution >= 4 is 30.8 Å². The van der Waals surface area contributed by atoms with Crippen molar-refractivity contribution in [3.63, 3.8) is 0 Å². The Bertz CT molecular complexity index is 559. The van der Waals surface area contributed by atoms with Crippen LogP contribution in [0.2, 0.25) is 0 Å². The fraction of sp³-hybridized carbons (Fsp3) is 0.300. The number of fused-ring (bicyclic) bond motifs is 1. The summed E-state index contributed by atoms with van der Waals surface area (Å²) in [6.07, 6.45) is 1.06. The zero-order valence-corrected chi connectivity index (χ0v) is 10.1. The molecule has 0 spiro atoms. The molecule has 0 radical (unpaired) electrons. The summed E-state index contributed by atoms with van der Waals surface area (Å²) in [5.41, 5.74) is 1.86. The first-order valence-corrected chi connectivity index (χ1v) is 7.38. The van der Waals surface area contributed by atoms with Gasteiger partial charge in [0.15, 0.2) is 0 Å². The average Bonchev–Trinajstić information content (AvgIpc) is 2.57. The predicted octanol–water partition coefficient (Wildman–Crippen LogP) is 2.06. The lowest BCUT2D eigenvalue weighted by Gasteiger charge is -1.94. The van der Waals surface area contributed by atoms with Crippen molar-refractivity contribution in [2.45, 2.75) is 12.8 Å². The molecule has 2 aromatic rings. The molecule has 86 valence electrons. The molecule has 0 aliphatic heterocycles. The number of aromatic amines is 1. The van der Waals surface area contributed by atoms with Crippen LogP contribution in [0.15, 0.2) is 24.3 Å². The molecule has 0 amide bonds. The summed E-state index contributed by atoms with van der Waals surface area (Å²) < 4.78 is 21.5. The van der Waals surface area contributed by atoms with Gasteiger partial charge in [-0.15, -0.1) is 0 Å². The van der Waals surface area contributed by atoms with E-state index in [-0.39, 0.29) is 5.75 Å². The van der Waals surface area contributed by atoms with E-state index in [0.717, 1.165) is 16.9 Å². The molecule has 0 atom stereocenters. The Kier molecular flexibility index (Phi) is 3.16. The maximum atomic E-state index is 10.7. The van der Waals surface area contributed by atoms with E-state index in [0.29, 0.717) is 12.8 Å². The molecule has 1 heterocycles. The molecule has 2 rings (SSSR count). The van der Waals surface area contributed by atoms with Crippen molar-refractivity contribution in [3.05, 3.63) is 30.1 Å². The summed E-state index contributed by atoms with van der Waals surface area (Å²) in [6.45, 7) is 0. The molecule has 0 aliphatic carbocycles. The number of hydrogen-bond acceptors (Lipinski definition) is 3. The van der Waals surface area contributed by atoms with Gasteiger partial charge in [-0.05, 0) is 18.6 Å². The highest BCUT2D eigenvalue weighted by molar-refractivity contribution is 8.13. The number of H-pyrrole nitrogens is 1. The van der Waals surface area contributed by atoms with Gasteiger partial charge >= 0.3 is 0 Å². The van der Waals surface area contributed by atoms with Gasteiger partial charge in [-0.3, -0.25) is 0 Å². The summed E-state index contributed by atoms with van der Waals surface area (Å²) >= 11 is 0. The largest absolute Gasteiger partial charge is 0.342 e. The number of imidazole rings is 1. The Morgan fingerprint density at radius 2 is 2.06 bits per heavy atom. The number of para-hydroxylation sites is 2. The van der Waals surface area contributed by atoms with Crippen molar-refractivity contribution in [1.82, 2.24) is 9.97 Å². The van der Waals surface area contributed by atoms with Crippen LogP contribution in [0.1, 0.15) is 12.2 Å². The monoisotopic (exact) mass is 258 g/mol. The quantitative estimate of drug-likeness (QED) is 0.854. The molecule has 4 nitrogen and oxygen atoms in total. The first-order valence-electron chi connectivity index (χ1n) is 4.90. The van der Waals surface area contributed by atoms with Crippen molar-refractivity contribution in [2.75, 3.05) is 5.75 Å². The molecule has 16 heavy (non-hydrogen) atoms. The van der Waals surface area contributed by atoms with Crippen molar-refractivity contribution in [3.8, 4) is 0 Å². The van der Waals surface area contributed by atoms with Crippen LogP contribution in [0, 0.1) is 0 Å². The number of hydrogen-bond donors (Lipinski definition) is 1. The molecule has 0 saturated heterocycles. The van der Waals surface area contributed by atoms with Crippen LogP contribution in [0.3, 0.4) is 0 Å². The Morgan fingerprint density at radius 3 is 2.75 bits per heavy atom. The van der Waals surface area contributed by atoms with E-state index in [2.05, 4.69) is 9.97 Å². The lowest BCUT2D eigenvalue weighted by atomic mass is 10.3. The molecule has 0 fully saturated rings. The number of benzene rings is 1. The third-order valence-electron chi connectivity index (χ3n) is 2.24. The van der Waals surface area contributed by atoms with Gasteiger partial charge in [0, 0.05) is 17.1 Å². The van der Waals surface area contributed by atoms with Gasteiger partial charge < -0.3 is 4.98 Å². The van der Waals surface area contributed by atoms with Crippen molar-refractivity contribution in [1.29, 1.82) is 0 Å². The highest BCUT2D eigenvalue weighted by Crippen LogP contribution is 2.12. The van der Waals surface area contributed by atoms with Gasteiger partial charge in [0.05, 0.1) is 16.8 Å². The second-order valence-electron chi connectivity index (χ2n) is 3.55. The second-order valence-corrected chi connectivity index (χ2v) is 6.44. The Labute approximate surface area is 98.1 Å². The van der Waals surface area contributed by atoms with Crippen LogP contribution in [0.25, 0.3) is 11.0 Å². The van der Waals surface area contributed by atoms with Crippen LogP contribution in [-0.2, 0) is 15.5 Å². The van der Waals surface area contributed by atoms with Gasteiger partial charge in [-0.1, -0.05) is 12.1 Å². The van der Waals surface area contributed by atoms with Gasteiger partial charge in [0.25, 0.3) is 0 Å². The minimum Gasteiger partial charge on any atom is -0.342 e. The lowest BCUT2D eigenvalue weighted by Crippen LogP contribution is -1.99. The van der Waals surface area contributed by atoms with E-state index in [1.807, 2.05) is 24.3 Å². The maximum Gasteiger partial charge on any atom is 0.232 e. The van der Waals surface area contributed by atoms with Gasteiger partial charge in [-0.25, -0.2) is 13.4 Å². The van der Waals surface area contributed by atoms with Crippen LogP contribution in [0.4, 0.5) is 0 Å². The lowest BCUT2D eigenvalue weighted by molar-refractivity contribution is 0.606. The number of nitrogens with one attached hydrogen (secondary N) is 1. The standard InChI is InChI=1S/C10H11ClN2O2S/c11-16(14,15)7-3-6-10-12-8-4-1-2-5-9(8)13-10/h1-2,4-5H,3,6-7H2,(H,12,13). The Balaban J connectivity index is 2.05. The van der Waals surface area contributed by atoms with E-state index >= 15 is 0 Å². The van der Waals surface area contributed by atoms with E-state index in [9.17, 15) is 8.42 Å². The predicted molar refractivity (Wildman–Crippen MR) is 64.1 cm³/mol.